The molecule has 0 radical (unpaired) electrons. The smallest absolute Gasteiger partial charge is 0.171 e. The zero-order chi connectivity index (χ0) is 18.1. The fourth-order valence-electron chi connectivity index (χ4n) is 3.17. The second kappa shape index (κ2) is 6.59. The third-order valence-corrected chi connectivity index (χ3v) is 4.44. The third-order valence-electron chi connectivity index (χ3n) is 4.44. The van der Waals surface area contributed by atoms with E-state index < -0.39 is 0 Å². The largest absolute Gasteiger partial charge is 0.497 e. The Hall–Kier alpha value is -3.22. The second-order valence-corrected chi connectivity index (χ2v) is 5.95. The van der Waals surface area contributed by atoms with Crippen LogP contribution in [0.3, 0.4) is 0 Å². The van der Waals surface area contributed by atoms with E-state index in [1.54, 1.807) is 44.8 Å². The van der Waals surface area contributed by atoms with E-state index in [4.69, 9.17) is 14.5 Å². The van der Waals surface area contributed by atoms with E-state index in [0.29, 0.717) is 41.7 Å². The number of benzene rings is 1. The zero-order valence-electron chi connectivity index (χ0n) is 14.6. The van der Waals surface area contributed by atoms with Gasteiger partial charge in [0.1, 0.15) is 28.9 Å². The lowest BCUT2D eigenvalue weighted by Crippen LogP contribution is -2.38. The van der Waals surface area contributed by atoms with Crippen LogP contribution >= 0.6 is 0 Å². The monoisotopic (exact) mass is 350 g/mol. The van der Waals surface area contributed by atoms with Gasteiger partial charge in [-0.2, -0.15) is 0 Å². The van der Waals surface area contributed by atoms with Gasteiger partial charge >= 0.3 is 0 Å². The van der Waals surface area contributed by atoms with E-state index >= 15 is 0 Å². The molecule has 2 aromatic rings. The van der Waals surface area contributed by atoms with Crippen molar-refractivity contribution in [3.63, 3.8) is 0 Å². The second-order valence-electron chi connectivity index (χ2n) is 5.95. The number of nitrogens with zero attached hydrogens (tertiary/aromatic N) is 4. The van der Waals surface area contributed by atoms with Gasteiger partial charge in [0.2, 0.25) is 0 Å². The molecule has 0 saturated heterocycles. The molecule has 2 aliphatic heterocycles. The molecule has 132 valence electrons. The molecule has 0 N–H and O–H groups in total. The minimum atomic E-state index is -0.0287. The number of fused-ring (bicyclic) bond motifs is 3. The number of rotatable bonds is 5. The maximum absolute atomic E-state index is 12.6. The zero-order valence-corrected chi connectivity index (χ0v) is 14.6. The summed E-state index contributed by atoms with van der Waals surface area (Å²) in [5.74, 6) is 2.73. The SMILES string of the molecule is COc1cc(OC)c2c(c1)C1=NCCN1C(CC(=O)c1cccnc1)=N2. The van der Waals surface area contributed by atoms with Crippen molar-refractivity contribution in [1.82, 2.24) is 9.88 Å². The van der Waals surface area contributed by atoms with Gasteiger partial charge in [0.25, 0.3) is 0 Å². The van der Waals surface area contributed by atoms with Crippen LogP contribution in [0.2, 0.25) is 0 Å². The summed E-state index contributed by atoms with van der Waals surface area (Å²) in [7, 11) is 3.20. The number of aromatic nitrogens is 1. The number of carbonyl (C=O) groups is 1. The molecule has 0 spiro atoms. The molecule has 0 amide bonds. The predicted octanol–water partition coefficient (Wildman–Crippen LogP) is 2.48. The number of hydrogen-bond acceptors (Lipinski definition) is 7. The van der Waals surface area contributed by atoms with Crippen LogP contribution in [0.25, 0.3) is 0 Å². The Morgan fingerprint density at radius 3 is 2.88 bits per heavy atom. The number of carbonyl (C=O) groups excluding carboxylic acids is 1. The van der Waals surface area contributed by atoms with E-state index in [-0.39, 0.29) is 12.2 Å². The van der Waals surface area contributed by atoms with Crippen LogP contribution in [-0.2, 0) is 0 Å². The summed E-state index contributed by atoms with van der Waals surface area (Å²) in [6, 6.07) is 7.20. The van der Waals surface area contributed by atoms with Gasteiger partial charge in [-0.3, -0.25) is 14.8 Å². The summed E-state index contributed by atoms with van der Waals surface area (Å²) >= 11 is 0. The lowest BCUT2D eigenvalue weighted by Gasteiger charge is -2.28. The first-order valence-electron chi connectivity index (χ1n) is 8.30. The van der Waals surface area contributed by atoms with Crippen molar-refractivity contribution in [3.8, 4) is 11.5 Å². The molecule has 0 saturated carbocycles. The molecule has 0 fully saturated rings. The third kappa shape index (κ3) is 2.71. The summed E-state index contributed by atoms with van der Waals surface area (Å²) in [5.41, 5.74) is 2.11. The van der Waals surface area contributed by atoms with Crippen molar-refractivity contribution in [2.75, 3.05) is 27.3 Å². The minimum Gasteiger partial charge on any atom is -0.497 e. The Morgan fingerprint density at radius 2 is 2.15 bits per heavy atom. The quantitative estimate of drug-likeness (QED) is 0.774. The lowest BCUT2D eigenvalue weighted by molar-refractivity contribution is 0.0998. The standard InChI is InChI=1S/C19H18N4O3/c1-25-13-8-14-18(16(9-13)26-2)22-17(23-7-6-21-19(14)23)10-15(24)12-4-3-5-20-11-12/h3-5,8-9,11H,6-7,10H2,1-2H3. The molecule has 1 aromatic heterocycles. The van der Waals surface area contributed by atoms with E-state index in [0.717, 1.165) is 11.4 Å². The van der Waals surface area contributed by atoms with Crippen molar-refractivity contribution >= 4 is 23.1 Å². The molecule has 4 rings (SSSR count). The van der Waals surface area contributed by atoms with Crippen LogP contribution in [0.1, 0.15) is 22.3 Å². The van der Waals surface area contributed by atoms with Crippen molar-refractivity contribution in [1.29, 1.82) is 0 Å². The summed E-state index contributed by atoms with van der Waals surface area (Å²) in [4.78, 5) is 28.0. The highest BCUT2D eigenvalue weighted by atomic mass is 16.5. The Morgan fingerprint density at radius 1 is 1.27 bits per heavy atom. The van der Waals surface area contributed by atoms with Crippen LogP contribution in [0, 0.1) is 0 Å². The number of amidine groups is 2. The van der Waals surface area contributed by atoms with Crippen LogP contribution in [0.4, 0.5) is 5.69 Å². The number of ether oxygens (including phenoxy) is 2. The first-order chi connectivity index (χ1) is 12.7. The van der Waals surface area contributed by atoms with Gasteiger partial charge in [-0.15, -0.1) is 0 Å². The van der Waals surface area contributed by atoms with E-state index in [1.165, 1.54) is 0 Å². The predicted molar refractivity (Wildman–Crippen MR) is 97.9 cm³/mol. The lowest BCUT2D eigenvalue weighted by atomic mass is 10.0. The van der Waals surface area contributed by atoms with Crippen molar-refractivity contribution in [2.24, 2.45) is 9.98 Å². The molecule has 3 heterocycles. The van der Waals surface area contributed by atoms with Crippen molar-refractivity contribution < 1.29 is 14.3 Å². The highest BCUT2D eigenvalue weighted by Gasteiger charge is 2.32. The molecule has 0 bridgehead atoms. The Bertz CT molecular complexity index is 922. The van der Waals surface area contributed by atoms with Crippen LogP contribution in [0.15, 0.2) is 46.6 Å². The number of hydrogen-bond donors (Lipinski definition) is 0. The molecule has 7 nitrogen and oxygen atoms in total. The van der Waals surface area contributed by atoms with E-state index in [2.05, 4.69) is 9.98 Å². The van der Waals surface area contributed by atoms with Gasteiger partial charge in [-0.05, 0) is 18.2 Å². The Kier molecular flexibility index (Phi) is 4.12. The molecule has 7 heteroatoms. The molecule has 0 aliphatic carbocycles. The number of methoxy groups -OCH3 is 2. The van der Waals surface area contributed by atoms with E-state index in [9.17, 15) is 4.79 Å². The maximum atomic E-state index is 12.6. The normalized spacial score (nSPS) is 14.9. The number of ketones is 1. The molecular formula is C19H18N4O3. The fraction of sp³-hybridized carbons (Fsp3) is 0.263. The molecule has 0 atom stereocenters. The van der Waals surface area contributed by atoms with Crippen LogP contribution < -0.4 is 9.47 Å². The van der Waals surface area contributed by atoms with Gasteiger partial charge in [-0.1, -0.05) is 0 Å². The van der Waals surface area contributed by atoms with Gasteiger partial charge in [-0.25, -0.2) is 4.99 Å². The Labute approximate surface area is 151 Å². The maximum Gasteiger partial charge on any atom is 0.171 e. The first-order valence-corrected chi connectivity index (χ1v) is 8.30. The van der Waals surface area contributed by atoms with Gasteiger partial charge in [0.05, 0.1) is 32.7 Å². The summed E-state index contributed by atoms with van der Waals surface area (Å²) < 4.78 is 10.8. The Balaban J connectivity index is 1.76. The van der Waals surface area contributed by atoms with Crippen molar-refractivity contribution in [2.45, 2.75) is 6.42 Å². The molecule has 26 heavy (non-hydrogen) atoms. The average Bonchev–Trinajstić information content (AvgIpc) is 3.18. The molecule has 1 aromatic carbocycles. The van der Waals surface area contributed by atoms with Gasteiger partial charge in [0.15, 0.2) is 5.78 Å². The minimum absolute atomic E-state index is 0.0287. The fourth-order valence-corrected chi connectivity index (χ4v) is 3.17. The molecule has 0 unspecified atom stereocenters. The van der Waals surface area contributed by atoms with Crippen LogP contribution in [0.5, 0.6) is 11.5 Å². The van der Waals surface area contributed by atoms with Gasteiger partial charge < -0.3 is 14.4 Å². The summed E-state index contributed by atoms with van der Waals surface area (Å²) in [6.45, 7) is 1.36. The average molecular weight is 350 g/mol. The highest BCUT2D eigenvalue weighted by molar-refractivity contribution is 6.21. The van der Waals surface area contributed by atoms with E-state index in [1.807, 2.05) is 11.0 Å². The summed E-state index contributed by atoms with van der Waals surface area (Å²) in [6.07, 6.45) is 3.40. The van der Waals surface area contributed by atoms with Gasteiger partial charge in [0, 0.05) is 30.6 Å². The number of pyridine rings is 1. The first kappa shape index (κ1) is 16.3. The number of Topliss-reactive ketones (excluding diaryl/α,β-unsaturated/α-hetero) is 1. The topological polar surface area (TPSA) is 76.4 Å². The van der Waals surface area contributed by atoms with Crippen molar-refractivity contribution in [3.05, 3.63) is 47.8 Å². The highest BCUT2D eigenvalue weighted by Crippen LogP contribution is 2.40. The van der Waals surface area contributed by atoms with Crippen LogP contribution in [-0.4, -0.2) is 54.6 Å². The number of aliphatic imine (C=N–C) groups is 2. The summed E-state index contributed by atoms with van der Waals surface area (Å²) in [5, 5.41) is 0. The molecule has 2 aliphatic rings. The molecular weight excluding hydrogens is 332 g/mol.